The number of carbonyl (C=O) groups excluding carboxylic acids is 2. The van der Waals surface area contributed by atoms with Gasteiger partial charge in [-0.1, -0.05) is 12.1 Å². The fraction of sp³-hybridized carbons (Fsp3) is 0.111. The predicted molar refractivity (Wildman–Crippen MR) is 102 cm³/mol. The number of likely N-dealkylation sites (N-methyl/N-ethyl adjacent to an activating group) is 1. The summed E-state index contributed by atoms with van der Waals surface area (Å²) in [5.74, 6) is -0.163. The molecule has 134 valence electrons. The molecule has 1 fully saturated rings. The number of amides is 3. The molecule has 0 atom stereocenters. The van der Waals surface area contributed by atoms with E-state index in [1.807, 2.05) is 0 Å². The van der Waals surface area contributed by atoms with E-state index in [2.05, 4.69) is 37.2 Å². The third kappa shape index (κ3) is 3.96. The second-order valence-electron chi connectivity index (χ2n) is 5.58. The van der Waals surface area contributed by atoms with Crippen molar-refractivity contribution in [2.75, 3.05) is 7.05 Å². The lowest BCUT2D eigenvalue weighted by Gasteiger charge is -2.12. The van der Waals surface area contributed by atoms with Gasteiger partial charge >= 0.3 is 6.03 Å². The predicted octanol–water partition coefficient (Wildman–Crippen LogP) is 4.45. The molecule has 0 unspecified atom stereocenters. The van der Waals surface area contributed by atoms with Gasteiger partial charge in [0, 0.05) is 7.05 Å². The number of imide groups is 1. The van der Waals surface area contributed by atoms with Gasteiger partial charge in [0.2, 0.25) is 0 Å². The van der Waals surface area contributed by atoms with Crippen molar-refractivity contribution in [3.63, 3.8) is 0 Å². The third-order valence-corrected chi connectivity index (χ3v) is 4.86. The number of halogens is 3. The highest BCUT2D eigenvalue weighted by Gasteiger charge is 2.30. The molecule has 0 spiro atoms. The zero-order chi connectivity index (χ0) is 18.8. The first kappa shape index (κ1) is 18.6. The summed E-state index contributed by atoms with van der Waals surface area (Å²) in [7, 11) is 1.41. The molecular formula is C18H13Br2FN2O3. The second kappa shape index (κ2) is 7.59. The van der Waals surface area contributed by atoms with E-state index in [0.717, 1.165) is 4.90 Å². The van der Waals surface area contributed by atoms with E-state index in [4.69, 9.17) is 4.74 Å². The van der Waals surface area contributed by atoms with Crippen LogP contribution in [0.25, 0.3) is 6.08 Å². The van der Waals surface area contributed by atoms with Gasteiger partial charge in [-0.2, -0.15) is 0 Å². The van der Waals surface area contributed by atoms with E-state index < -0.39 is 11.9 Å². The number of urea groups is 1. The topological polar surface area (TPSA) is 58.6 Å². The molecule has 0 saturated carbocycles. The van der Waals surface area contributed by atoms with E-state index in [1.54, 1.807) is 30.3 Å². The fourth-order valence-electron chi connectivity index (χ4n) is 2.37. The Hall–Kier alpha value is -2.19. The molecule has 0 aromatic heterocycles. The first-order valence-corrected chi connectivity index (χ1v) is 9.11. The number of nitrogens with one attached hydrogen (secondary N) is 1. The Morgan fingerprint density at radius 2 is 1.88 bits per heavy atom. The van der Waals surface area contributed by atoms with Crippen LogP contribution in [0.3, 0.4) is 0 Å². The average molecular weight is 484 g/mol. The summed E-state index contributed by atoms with van der Waals surface area (Å²) in [6.07, 6.45) is 1.58. The molecule has 3 rings (SSSR count). The Kier molecular flexibility index (Phi) is 5.43. The average Bonchev–Trinajstić information content (AvgIpc) is 2.81. The summed E-state index contributed by atoms with van der Waals surface area (Å²) in [6, 6.07) is 9.23. The molecule has 1 aliphatic heterocycles. The first-order valence-electron chi connectivity index (χ1n) is 7.52. The van der Waals surface area contributed by atoms with Crippen LogP contribution in [0.4, 0.5) is 9.18 Å². The van der Waals surface area contributed by atoms with Crippen molar-refractivity contribution in [1.29, 1.82) is 0 Å². The fourth-order valence-corrected chi connectivity index (χ4v) is 3.82. The van der Waals surface area contributed by atoms with E-state index in [9.17, 15) is 14.0 Å². The van der Waals surface area contributed by atoms with Crippen molar-refractivity contribution in [1.82, 2.24) is 10.2 Å². The van der Waals surface area contributed by atoms with Crippen LogP contribution in [-0.2, 0) is 11.4 Å². The van der Waals surface area contributed by atoms with Crippen molar-refractivity contribution in [2.24, 2.45) is 0 Å². The lowest BCUT2D eigenvalue weighted by molar-refractivity contribution is -0.121. The van der Waals surface area contributed by atoms with Crippen molar-refractivity contribution < 1.29 is 18.7 Å². The Morgan fingerprint density at radius 1 is 1.19 bits per heavy atom. The minimum absolute atomic E-state index is 0.199. The van der Waals surface area contributed by atoms with E-state index in [0.29, 0.717) is 25.8 Å². The van der Waals surface area contributed by atoms with Crippen LogP contribution in [0.5, 0.6) is 5.75 Å². The molecule has 1 aliphatic rings. The maximum absolute atomic E-state index is 13.2. The van der Waals surface area contributed by atoms with Crippen LogP contribution in [0, 0.1) is 5.82 Å². The largest absolute Gasteiger partial charge is 0.487 e. The monoisotopic (exact) mass is 482 g/mol. The van der Waals surface area contributed by atoms with Crippen LogP contribution >= 0.6 is 31.9 Å². The first-order chi connectivity index (χ1) is 12.3. The Bertz CT molecular complexity index is 907. The highest BCUT2D eigenvalue weighted by atomic mass is 79.9. The summed E-state index contributed by atoms with van der Waals surface area (Å²) in [6.45, 7) is 0.203. The summed E-state index contributed by atoms with van der Waals surface area (Å²) in [5.41, 5.74) is 1.60. The normalized spacial score (nSPS) is 15.5. The Labute approximate surface area is 166 Å². The molecule has 2 aromatic rings. The number of nitrogens with zero attached hydrogens (tertiary/aromatic N) is 1. The minimum atomic E-state index is -0.463. The smallest absolute Gasteiger partial charge is 0.328 e. The molecule has 0 aliphatic carbocycles. The van der Waals surface area contributed by atoms with Gasteiger partial charge in [-0.15, -0.1) is 0 Å². The SMILES string of the molecule is CN1C(=O)N/C(=C/c2cc(Br)c(OCc3cccc(F)c3)c(Br)c2)C1=O. The van der Waals surface area contributed by atoms with Crippen molar-refractivity contribution in [3.05, 3.63) is 68.0 Å². The maximum Gasteiger partial charge on any atom is 0.328 e. The van der Waals surface area contributed by atoms with Crippen molar-refractivity contribution in [2.45, 2.75) is 6.61 Å². The zero-order valence-electron chi connectivity index (χ0n) is 13.6. The summed E-state index contributed by atoms with van der Waals surface area (Å²) >= 11 is 6.87. The lowest BCUT2D eigenvalue weighted by Crippen LogP contribution is -2.25. The molecule has 1 saturated heterocycles. The van der Waals surface area contributed by atoms with Gasteiger partial charge in [0.05, 0.1) is 8.95 Å². The number of rotatable bonds is 4. The lowest BCUT2D eigenvalue weighted by atomic mass is 10.2. The molecule has 26 heavy (non-hydrogen) atoms. The van der Waals surface area contributed by atoms with Crippen molar-refractivity contribution >= 4 is 49.9 Å². The number of hydrogen-bond donors (Lipinski definition) is 1. The van der Waals surface area contributed by atoms with Crippen LogP contribution in [-0.4, -0.2) is 23.9 Å². The van der Waals surface area contributed by atoms with Gasteiger partial charge in [-0.3, -0.25) is 9.69 Å². The van der Waals surface area contributed by atoms with Crippen LogP contribution < -0.4 is 10.1 Å². The molecule has 5 nitrogen and oxygen atoms in total. The van der Waals surface area contributed by atoms with E-state index in [1.165, 1.54) is 19.2 Å². The number of hydrogen-bond acceptors (Lipinski definition) is 3. The Morgan fingerprint density at radius 3 is 2.46 bits per heavy atom. The van der Waals surface area contributed by atoms with Crippen molar-refractivity contribution in [3.8, 4) is 5.75 Å². The highest BCUT2D eigenvalue weighted by Crippen LogP contribution is 2.36. The third-order valence-electron chi connectivity index (χ3n) is 3.69. The molecule has 3 amide bonds. The second-order valence-corrected chi connectivity index (χ2v) is 7.29. The summed E-state index contributed by atoms with van der Waals surface area (Å²) in [5, 5.41) is 2.51. The molecule has 1 heterocycles. The zero-order valence-corrected chi connectivity index (χ0v) is 16.7. The van der Waals surface area contributed by atoms with Gasteiger partial charge in [-0.25, -0.2) is 9.18 Å². The Balaban J connectivity index is 1.80. The molecule has 0 bridgehead atoms. The molecule has 0 radical (unpaired) electrons. The standard InChI is InChI=1S/C18H13Br2FN2O3/c1-23-17(24)15(22-18(23)25)8-11-6-13(19)16(14(20)7-11)26-9-10-3-2-4-12(21)5-10/h2-8H,9H2,1H3,(H,22,25)/b15-8+. The number of benzene rings is 2. The highest BCUT2D eigenvalue weighted by molar-refractivity contribution is 9.11. The van der Waals surface area contributed by atoms with Gasteiger partial charge in [0.15, 0.2) is 0 Å². The molecule has 2 aromatic carbocycles. The van der Waals surface area contributed by atoms with E-state index >= 15 is 0 Å². The summed E-state index contributed by atoms with van der Waals surface area (Å²) < 4.78 is 20.3. The number of ether oxygens (including phenoxy) is 1. The molecule has 1 N–H and O–H groups in total. The summed E-state index contributed by atoms with van der Waals surface area (Å²) in [4.78, 5) is 24.5. The molecular weight excluding hydrogens is 471 g/mol. The van der Waals surface area contributed by atoms with Gasteiger partial charge in [-0.05, 0) is 73.3 Å². The molecule has 8 heteroatoms. The van der Waals surface area contributed by atoms with E-state index in [-0.39, 0.29) is 18.1 Å². The number of carbonyl (C=O) groups is 2. The van der Waals surface area contributed by atoms with Crippen LogP contribution in [0.15, 0.2) is 51.0 Å². The van der Waals surface area contributed by atoms with Crippen LogP contribution in [0.1, 0.15) is 11.1 Å². The maximum atomic E-state index is 13.2. The van der Waals surface area contributed by atoms with Gasteiger partial charge in [0.25, 0.3) is 5.91 Å². The van der Waals surface area contributed by atoms with Gasteiger partial charge < -0.3 is 10.1 Å². The minimum Gasteiger partial charge on any atom is -0.487 e. The quantitative estimate of drug-likeness (QED) is 0.516. The van der Waals surface area contributed by atoms with Gasteiger partial charge in [0.1, 0.15) is 23.9 Å². The van der Waals surface area contributed by atoms with Crippen LogP contribution in [0.2, 0.25) is 0 Å².